The maximum atomic E-state index is 4.81. The second kappa shape index (κ2) is 8.11. The van der Waals surface area contributed by atoms with Gasteiger partial charge in [-0.15, -0.1) is 0 Å². The molecule has 128 valence electrons. The molecular formula is C19H27N5. The fraction of sp³-hybridized carbons (Fsp3) is 0.474. The molecule has 0 radical (unpaired) electrons. The van der Waals surface area contributed by atoms with Gasteiger partial charge >= 0.3 is 0 Å². The molecule has 2 aromatic rings. The third-order valence-electron chi connectivity index (χ3n) is 4.26. The first kappa shape index (κ1) is 16.7. The second-order valence-electron chi connectivity index (χ2n) is 6.58. The van der Waals surface area contributed by atoms with Crippen molar-refractivity contribution in [2.24, 2.45) is 0 Å². The van der Waals surface area contributed by atoms with Gasteiger partial charge in [-0.05, 0) is 39.9 Å². The van der Waals surface area contributed by atoms with Crippen molar-refractivity contribution in [2.75, 3.05) is 50.5 Å². The molecule has 1 aliphatic rings. The minimum Gasteiger partial charge on any atom is -0.370 e. The highest BCUT2D eigenvalue weighted by Crippen LogP contribution is 2.24. The lowest BCUT2D eigenvalue weighted by Crippen LogP contribution is -2.21. The third-order valence-corrected chi connectivity index (χ3v) is 4.26. The Labute approximate surface area is 144 Å². The minimum absolute atomic E-state index is 0.851. The van der Waals surface area contributed by atoms with E-state index in [1.165, 1.54) is 12.8 Å². The van der Waals surface area contributed by atoms with Gasteiger partial charge in [-0.1, -0.05) is 30.3 Å². The molecule has 1 N–H and O–H groups in total. The van der Waals surface area contributed by atoms with Crippen molar-refractivity contribution in [3.8, 4) is 11.3 Å². The molecule has 1 aromatic carbocycles. The van der Waals surface area contributed by atoms with Crippen molar-refractivity contribution in [3.63, 3.8) is 0 Å². The molecular weight excluding hydrogens is 298 g/mol. The lowest BCUT2D eigenvalue weighted by molar-refractivity contribution is 0.405. The van der Waals surface area contributed by atoms with E-state index in [1.54, 1.807) is 0 Å². The molecule has 1 aromatic heterocycles. The number of nitrogens with zero attached hydrogens (tertiary/aromatic N) is 4. The molecule has 5 nitrogen and oxygen atoms in total. The SMILES string of the molecule is CN(C)CCCNc1cc(-c2ccccc2)nc(N2CCCC2)n1. The van der Waals surface area contributed by atoms with E-state index in [0.29, 0.717) is 0 Å². The zero-order valence-electron chi connectivity index (χ0n) is 14.7. The van der Waals surface area contributed by atoms with Crippen molar-refractivity contribution in [2.45, 2.75) is 19.3 Å². The molecule has 0 aliphatic carbocycles. The summed E-state index contributed by atoms with van der Waals surface area (Å²) in [7, 11) is 4.20. The Hall–Kier alpha value is -2.14. The van der Waals surface area contributed by atoms with Crippen molar-refractivity contribution in [1.29, 1.82) is 0 Å². The third kappa shape index (κ3) is 4.45. The summed E-state index contributed by atoms with van der Waals surface area (Å²) in [6.07, 6.45) is 3.55. The largest absolute Gasteiger partial charge is 0.370 e. The highest BCUT2D eigenvalue weighted by atomic mass is 15.3. The Bertz CT molecular complexity index is 635. The average Bonchev–Trinajstić information content (AvgIpc) is 3.14. The minimum atomic E-state index is 0.851. The van der Waals surface area contributed by atoms with E-state index in [-0.39, 0.29) is 0 Å². The maximum absolute atomic E-state index is 4.81. The number of aromatic nitrogens is 2. The molecule has 1 saturated heterocycles. The Morgan fingerprint density at radius 3 is 2.54 bits per heavy atom. The van der Waals surface area contributed by atoms with E-state index in [1.807, 2.05) is 6.07 Å². The molecule has 0 amide bonds. The van der Waals surface area contributed by atoms with Crippen LogP contribution in [0.4, 0.5) is 11.8 Å². The Morgan fingerprint density at radius 1 is 1.08 bits per heavy atom. The number of hydrogen-bond acceptors (Lipinski definition) is 5. The van der Waals surface area contributed by atoms with Crippen molar-refractivity contribution in [3.05, 3.63) is 36.4 Å². The molecule has 1 fully saturated rings. The van der Waals surface area contributed by atoms with Crippen molar-refractivity contribution in [1.82, 2.24) is 14.9 Å². The molecule has 1 aliphatic heterocycles. The summed E-state index contributed by atoms with van der Waals surface area (Å²) in [6, 6.07) is 12.4. The molecule has 0 bridgehead atoms. The summed E-state index contributed by atoms with van der Waals surface area (Å²) in [4.78, 5) is 14.0. The van der Waals surface area contributed by atoms with Crippen LogP contribution in [0.25, 0.3) is 11.3 Å². The molecule has 24 heavy (non-hydrogen) atoms. The van der Waals surface area contributed by atoms with Crippen LogP contribution in [0.15, 0.2) is 36.4 Å². The number of hydrogen-bond donors (Lipinski definition) is 1. The Kier molecular flexibility index (Phi) is 5.64. The van der Waals surface area contributed by atoms with Gasteiger partial charge < -0.3 is 15.1 Å². The summed E-state index contributed by atoms with van der Waals surface area (Å²) in [6.45, 7) is 4.10. The zero-order chi connectivity index (χ0) is 16.8. The van der Waals surface area contributed by atoms with E-state index < -0.39 is 0 Å². The molecule has 2 heterocycles. The lowest BCUT2D eigenvalue weighted by Gasteiger charge is -2.18. The number of anilines is 2. The van der Waals surface area contributed by atoms with Crippen LogP contribution in [0.3, 0.4) is 0 Å². The summed E-state index contributed by atoms with van der Waals surface area (Å²) < 4.78 is 0. The molecule has 3 rings (SSSR count). The zero-order valence-corrected chi connectivity index (χ0v) is 14.7. The summed E-state index contributed by atoms with van der Waals surface area (Å²) >= 11 is 0. The highest BCUT2D eigenvalue weighted by molar-refractivity contribution is 5.64. The van der Waals surface area contributed by atoms with E-state index >= 15 is 0 Å². The standard InChI is InChI=1S/C19H27N5/c1-23(2)12-8-11-20-18-15-17(16-9-4-3-5-10-16)21-19(22-18)24-13-6-7-14-24/h3-5,9-10,15H,6-8,11-14H2,1-2H3,(H,20,21,22). The summed E-state index contributed by atoms with van der Waals surface area (Å²) in [5, 5.41) is 3.47. The van der Waals surface area contributed by atoms with Gasteiger partial charge in [0.15, 0.2) is 0 Å². The Morgan fingerprint density at radius 2 is 1.83 bits per heavy atom. The van der Waals surface area contributed by atoms with Gasteiger partial charge in [0.1, 0.15) is 5.82 Å². The van der Waals surface area contributed by atoms with Gasteiger partial charge in [-0.25, -0.2) is 4.98 Å². The predicted molar refractivity (Wildman–Crippen MR) is 101 cm³/mol. The molecule has 0 spiro atoms. The van der Waals surface area contributed by atoms with Gasteiger partial charge in [0.2, 0.25) is 5.95 Å². The van der Waals surface area contributed by atoms with Crippen LogP contribution >= 0.6 is 0 Å². The second-order valence-corrected chi connectivity index (χ2v) is 6.58. The monoisotopic (exact) mass is 325 g/mol. The summed E-state index contributed by atoms with van der Waals surface area (Å²) in [5.41, 5.74) is 2.12. The molecule has 0 saturated carbocycles. The van der Waals surface area contributed by atoms with Crippen LogP contribution < -0.4 is 10.2 Å². The fourth-order valence-electron chi connectivity index (χ4n) is 2.95. The topological polar surface area (TPSA) is 44.3 Å². The van der Waals surface area contributed by atoms with Crippen LogP contribution in [0, 0.1) is 0 Å². The maximum Gasteiger partial charge on any atom is 0.227 e. The number of benzene rings is 1. The van der Waals surface area contributed by atoms with Crippen molar-refractivity contribution >= 4 is 11.8 Å². The van der Waals surface area contributed by atoms with Crippen LogP contribution in [0.5, 0.6) is 0 Å². The molecule has 0 unspecified atom stereocenters. The lowest BCUT2D eigenvalue weighted by atomic mass is 10.1. The van der Waals surface area contributed by atoms with Crippen LogP contribution in [0.2, 0.25) is 0 Å². The van der Waals surface area contributed by atoms with E-state index in [0.717, 1.165) is 55.6 Å². The smallest absolute Gasteiger partial charge is 0.227 e. The van der Waals surface area contributed by atoms with E-state index in [4.69, 9.17) is 9.97 Å². The van der Waals surface area contributed by atoms with Gasteiger partial charge in [0, 0.05) is 31.3 Å². The molecule has 0 atom stereocenters. The van der Waals surface area contributed by atoms with Crippen LogP contribution in [0.1, 0.15) is 19.3 Å². The van der Waals surface area contributed by atoms with Crippen molar-refractivity contribution < 1.29 is 0 Å². The van der Waals surface area contributed by atoms with Gasteiger partial charge in [0.05, 0.1) is 5.69 Å². The highest BCUT2D eigenvalue weighted by Gasteiger charge is 2.17. The van der Waals surface area contributed by atoms with Crippen LogP contribution in [-0.4, -0.2) is 55.1 Å². The van der Waals surface area contributed by atoms with E-state index in [9.17, 15) is 0 Å². The molecule has 5 heteroatoms. The van der Waals surface area contributed by atoms with Crippen LogP contribution in [-0.2, 0) is 0 Å². The first-order valence-corrected chi connectivity index (χ1v) is 8.80. The average molecular weight is 325 g/mol. The first-order valence-electron chi connectivity index (χ1n) is 8.80. The fourth-order valence-corrected chi connectivity index (χ4v) is 2.95. The number of rotatable bonds is 7. The predicted octanol–water partition coefficient (Wildman–Crippen LogP) is 3.11. The number of nitrogens with one attached hydrogen (secondary N) is 1. The quantitative estimate of drug-likeness (QED) is 0.793. The Balaban J connectivity index is 1.80. The summed E-state index contributed by atoms with van der Waals surface area (Å²) in [5.74, 6) is 1.77. The van der Waals surface area contributed by atoms with E-state index in [2.05, 4.69) is 59.5 Å². The van der Waals surface area contributed by atoms with Gasteiger partial charge in [-0.2, -0.15) is 4.98 Å². The van der Waals surface area contributed by atoms with Gasteiger partial charge in [-0.3, -0.25) is 0 Å². The first-order chi connectivity index (χ1) is 11.7. The van der Waals surface area contributed by atoms with Gasteiger partial charge in [0.25, 0.3) is 0 Å². The normalized spacial score (nSPS) is 14.4.